The molecule has 1 aromatic rings. The van der Waals surface area contributed by atoms with Crippen molar-refractivity contribution in [3.05, 3.63) is 47.2 Å². The second kappa shape index (κ2) is 5.15. The third-order valence-corrected chi connectivity index (χ3v) is 4.07. The van der Waals surface area contributed by atoms with Gasteiger partial charge in [-0.2, -0.15) is 5.26 Å². The van der Waals surface area contributed by atoms with Gasteiger partial charge in [-0.15, -0.1) is 0 Å². The highest BCUT2D eigenvalue weighted by atomic mass is 16.5. The first kappa shape index (κ1) is 13.0. The molecule has 0 spiro atoms. The van der Waals surface area contributed by atoms with Crippen molar-refractivity contribution < 1.29 is 9.84 Å². The van der Waals surface area contributed by atoms with Crippen LogP contribution in [-0.4, -0.2) is 10.7 Å². The first-order chi connectivity index (χ1) is 9.73. The summed E-state index contributed by atoms with van der Waals surface area (Å²) in [5, 5.41) is 19.7. The molecule has 1 aliphatic heterocycles. The van der Waals surface area contributed by atoms with Crippen LogP contribution in [0.1, 0.15) is 43.2 Å². The van der Waals surface area contributed by atoms with Crippen LogP contribution in [0.4, 0.5) is 0 Å². The number of fused-ring (bicyclic) bond motifs is 1. The molecule has 1 N–H and O–H groups in total. The number of hydrogen-bond donors (Lipinski definition) is 1. The van der Waals surface area contributed by atoms with Crippen molar-refractivity contribution in [2.45, 2.75) is 37.7 Å². The van der Waals surface area contributed by atoms with Crippen LogP contribution in [0.25, 0.3) is 11.8 Å². The Morgan fingerprint density at radius 2 is 1.95 bits per heavy atom. The number of allylic oxidation sites excluding steroid dienone is 1. The zero-order chi connectivity index (χ0) is 14.0. The number of aliphatic hydroxyl groups is 1. The number of ether oxygens (including phenoxy) is 1. The van der Waals surface area contributed by atoms with Crippen molar-refractivity contribution in [1.29, 1.82) is 5.26 Å². The van der Waals surface area contributed by atoms with Crippen LogP contribution >= 0.6 is 0 Å². The summed E-state index contributed by atoms with van der Waals surface area (Å²) in [6.07, 6.45) is 7.94. The van der Waals surface area contributed by atoms with Gasteiger partial charge in [0.2, 0.25) is 0 Å². The lowest BCUT2D eigenvalue weighted by atomic mass is 9.82. The van der Waals surface area contributed by atoms with Gasteiger partial charge in [0.1, 0.15) is 17.1 Å². The van der Waals surface area contributed by atoms with Crippen LogP contribution in [-0.2, 0) is 4.74 Å². The number of hydrogen-bond acceptors (Lipinski definition) is 3. The Bertz CT molecular complexity index is 616. The van der Waals surface area contributed by atoms with Gasteiger partial charge in [0, 0.05) is 5.56 Å². The lowest BCUT2D eigenvalue weighted by Gasteiger charge is -2.36. The van der Waals surface area contributed by atoms with Crippen LogP contribution in [0, 0.1) is 11.3 Å². The van der Waals surface area contributed by atoms with E-state index < -0.39 is 5.60 Å². The average molecular weight is 267 g/mol. The van der Waals surface area contributed by atoms with Gasteiger partial charge in [0.25, 0.3) is 0 Å². The highest BCUT2D eigenvalue weighted by Gasteiger charge is 2.37. The van der Waals surface area contributed by atoms with Gasteiger partial charge in [-0.1, -0.05) is 43.5 Å². The summed E-state index contributed by atoms with van der Waals surface area (Å²) >= 11 is 0. The first-order valence-electron chi connectivity index (χ1n) is 7.04. The molecule has 1 saturated carbocycles. The Hall–Kier alpha value is -2.05. The maximum absolute atomic E-state index is 10.8. The Labute approximate surface area is 118 Å². The van der Waals surface area contributed by atoms with Crippen molar-refractivity contribution in [2.24, 2.45) is 0 Å². The molecular weight excluding hydrogens is 250 g/mol. The van der Waals surface area contributed by atoms with Gasteiger partial charge in [-0.3, -0.25) is 0 Å². The number of nitriles is 1. The van der Waals surface area contributed by atoms with Crippen LogP contribution < -0.4 is 0 Å². The summed E-state index contributed by atoms with van der Waals surface area (Å²) in [4.78, 5) is 0. The lowest BCUT2D eigenvalue weighted by molar-refractivity contribution is 0.00398. The minimum Gasteiger partial charge on any atom is -0.457 e. The van der Waals surface area contributed by atoms with Crippen molar-refractivity contribution in [3.8, 4) is 6.07 Å². The fraction of sp³-hybridized carbons (Fsp3) is 0.353. The quantitative estimate of drug-likeness (QED) is 0.791. The molecule has 1 aliphatic carbocycles. The Morgan fingerprint density at radius 1 is 1.20 bits per heavy atom. The highest BCUT2D eigenvalue weighted by molar-refractivity contribution is 5.77. The predicted molar refractivity (Wildman–Crippen MR) is 77.1 cm³/mol. The van der Waals surface area contributed by atoms with Crippen molar-refractivity contribution >= 4 is 11.8 Å². The summed E-state index contributed by atoms with van der Waals surface area (Å²) in [7, 11) is 0. The largest absolute Gasteiger partial charge is 0.457 e. The summed E-state index contributed by atoms with van der Waals surface area (Å²) in [5.74, 6) is 1.11. The monoisotopic (exact) mass is 267 g/mol. The predicted octanol–water partition coefficient (Wildman–Crippen LogP) is 3.62. The number of rotatable bonds is 1. The van der Waals surface area contributed by atoms with E-state index in [-0.39, 0.29) is 0 Å². The minimum atomic E-state index is -0.889. The molecule has 0 radical (unpaired) electrons. The van der Waals surface area contributed by atoms with E-state index >= 15 is 0 Å². The number of benzene rings is 1. The van der Waals surface area contributed by atoms with Gasteiger partial charge in [-0.05, 0) is 24.5 Å². The Kier molecular flexibility index (Phi) is 3.33. The normalized spacial score (nSPS) is 22.4. The van der Waals surface area contributed by atoms with Crippen molar-refractivity contribution in [2.75, 3.05) is 0 Å². The van der Waals surface area contributed by atoms with Crippen LogP contribution in [0.2, 0.25) is 0 Å². The first-order valence-corrected chi connectivity index (χ1v) is 7.04. The van der Waals surface area contributed by atoms with Gasteiger partial charge in [0.15, 0.2) is 0 Å². The average Bonchev–Trinajstić information content (AvgIpc) is 2.48. The highest BCUT2D eigenvalue weighted by Crippen LogP contribution is 2.41. The van der Waals surface area contributed by atoms with Crippen LogP contribution in [0.5, 0.6) is 0 Å². The van der Waals surface area contributed by atoms with Crippen molar-refractivity contribution in [3.63, 3.8) is 0 Å². The summed E-state index contributed by atoms with van der Waals surface area (Å²) in [5.41, 5.74) is 1.01. The van der Waals surface area contributed by atoms with Gasteiger partial charge < -0.3 is 9.84 Å². The summed E-state index contributed by atoms with van der Waals surface area (Å²) < 4.78 is 5.85. The smallest absolute Gasteiger partial charge is 0.145 e. The second-order valence-electron chi connectivity index (χ2n) is 5.43. The van der Waals surface area contributed by atoms with E-state index in [1.807, 2.05) is 36.4 Å². The molecule has 3 heteroatoms. The van der Waals surface area contributed by atoms with Gasteiger partial charge >= 0.3 is 0 Å². The molecule has 102 valence electrons. The molecule has 3 nitrogen and oxygen atoms in total. The molecule has 0 unspecified atom stereocenters. The number of nitrogens with zero attached hydrogens (tertiary/aromatic N) is 1. The summed E-state index contributed by atoms with van der Waals surface area (Å²) in [6, 6.07) is 9.80. The Balaban J connectivity index is 2.04. The third kappa shape index (κ3) is 2.23. The SMILES string of the molecule is N#C/C=C1\OC(C2(O)CCCCC2)=Cc2ccccc21. The van der Waals surface area contributed by atoms with Crippen LogP contribution in [0.3, 0.4) is 0 Å². The fourth-order valence-electron chi connectivity index (χ4n) is 2.97. The molecule has 0 amide bonds. The molecule has 1 aromatic carbocycles. The third-order valence-electron chi connectivity index (χ3n) is 4.07. The van der Waals surface area contributed by atoms with E-state index in [9.17, 15) is 5.11 Å². The lowest BCUT2D eigenvalue weighted by Crippen LogP contribution is -2.35. The molecule has 20 heavy (non-hydrogen) atoms. The zero-order valence-corrected chi connectivity index (χ0v) is 11.3. The zero-order valence-electron chi connectivity index (χ0n) is 11.3. The van der Waals surface area contributed by atoms with E-state index in [2.05, 4.69) is 0 Å². The molecular formula is C17H17NO2. The molecule has 0 atom stereocenters. The van der Waals surface area contributed by atoms with Gasteiger partial charge in [-0.25, -0.2) is 0 Å². The van der Waals surface area contributed by atoms with E-state index in [1.165, 1.54) is 6.08 Å². The molecule has 3 rings (SSSR count). The molecule has 0 bridgehead atoms. The maximum atomic E-state index is 10.8. The summed E-state index contributed by atoms with van der Waals surface area (Å²) in [6.45, 7) is 0. The fourth-order valence-corrected chi connectivity index (χ4v) is 2.97. The molecule has 0 aromatic heterocycles. The van der Waals surface area contributed by atoms with Crippen LogP contribution in [0.15, 0.2) is 36.1 Å². The molecule has 0 saturated heterocycles. The van der Waals surface area contributed by atoms with E-state index in [4.69, 9.17) is 10.00 Å². The van der Waals surface area contributed by atoms with Crippen molar-refractivity contribution in [1.82, 2.24) is 0 Å². The standard InChI is InChI=1S/C17H17NO2/c18-11-8-15-14-7-3-2-6-13(14)12-16(20-15)17(19)9-4-1-5-10-17/h2-3,6-8,12,19H,1,4-5,9-10H2/b15-8-. The van der Waals surface area contributed by atoms with E-state index in [0.29, 0.717) is 11.5 Å². The second-order valence-corrected chi connectivity index (χ2v) is 5.43. The van der Waals surface area contributed by atoms with E-state index in [1.54, 1.807) is 0 Å². The Morgan fingerprint density at radius 3 is 2.70 bits per heavy atom. The van der Waals surface area contributed by atoms with E-state index in [0.717, 1.165) is 43.2 Å². The topological polar surface area (TPSA) is 53.2 Å². The maximum Gasteiger partial charge on any atom is 0.145 e. The minimum absolute atomic E-state index is 0.527. The van der Waals surface area contributed by atoms with Gasteiger partial charge in [0.05, 0.1) is 12.1 Å². The molecule has 1 heterocycles. The molecule has 1 fully saturated rings. The molecule has 2 aliphatic rings.